The number of anilines is 1. The zero-order valence-electron chi connectivity index (χ0n) is 17.8. The number of rotatable bonds is 7. The third-order valence-electron chi connectivity index (χ3n) is 4.97. The molecule has 9 heteroatoms. The number of nitriles is 1. The molecule has 0 aliphatic carbocycles. The highest BCUT2D eigenvalue weighted by molar-refractivity contribution is 8.03. The molecule has 0 fully saturated rings. The normalized spacial score (nSPS) is 15.6. The number of allylic oxidation sites excluding steroid dienone is 1. The van der Waals surface area contributed by atoms with Gasteiger partial charge in [-0.3, -0.25) is 9.59 Å². The average Bonchev–Trinajstić information content (AvgIpc) is 2.79. The number of nitrogens with zero attached hydrogens (tertiary/aromatic N) is 1. The van der Waals surface area contributed by atoms with Crippen molar-refractivity contribution in [1.29, 1.82) is 5.26 Å². The number of hydrogen-bond acceptors (Lipinski definition) is 6. The molecule has 0 bridgehead atoms. The largest absolute Gasteiger partial charge is 0.493 e. The van der Waals surface area contributed by atoms with Crippen LogP contribution in [-0.4, -0.2) is 31.8 Å². The molecular weight excluding hydrogens is 450 g/mol. The van der Waals surface area contributed by atoms with Gasteiger partial charge >= 0.3 is 0 Å². The van der Waals surface area contributed by atoms with Crippen LogP contribution in [-0.2, 0) is 9.59 Å². The second-order valence-corrected chi connectivity index (χ2v) is 8.47. The number of hydrogen-bond donors (Lipinski definition) is 2. The van der Waals surface area contributed by atoms with E-state index in [9.17, 15) is 14.9 Å². The Kier molecular flexibility index (Phi) is 7.67. The number of benzene rings is 2. The minimum Gasteiger partial charge on any atom is -0.493 e. The Morgan fingerprint density at radius 3 is 2.66 bits per heavy atom. The van der Waals surface area contributed by atoms with E-state index < -0.39 is 5.92 Å². The van der Waals surface area contributed by atoms with Crippen molar-refractivity contribution in [3.63, 3.8) is 0 Å². The Balaban J connectivity index is 1.79. The van der Waals surface area contributed by atoms with Crippen molar-refractivity contribution >= 4 is 40.9 Å². The topological polar surface area (TPSA) is 100 Å². The molecule has 2 aromatic carbocycles. The molecule has 0 unspecified atom stereocenters. The van der Waals surface area contributed by atoms with Crippen LogP contribution in [0.4, 0.5) is 5.69 Å². The predicted octanol–water partition coefficient (Wildman–Crippen LogP) is 4.38. The zero-order chi connectivity index (χ0) is 23.3. The van der Waals surface area contributed by atoms with Gasteiger partial charge in [0.1, 0.15) is 0 Å². The minimum absolute atomic E-state index is 0.0188. The van der Waals surface area contributed by atoms with Crippen molar-refractivity contribution in [2.24, 2.45) is 0 Å². The molecule has 2 aromatic rings. The average molecular weight is 472 g/mol. The van der Waals surface area contributed by atoms with Crippen LogP contribution >= 0.6 is 23.4 Å². The lowest BCUT2D eigenvalue weighted by Gasteiger charge is -2.25. The number of carbonyl (C=O) groups is 2. The molecule has 1 aliphatic rings. The molecule has 7 nitrogen and oxygen atoms in total. The van der Waals surface area contributed by atoms with E-state index in [1.54, 1.807) is 30.3 Å². The maximum absolute atomic E-state index is 12.4. The van der Waals surface area contributed by atoms with Crippen molar-refractivity contribution in [3.05, 3.63) is 63.1 Å². The maximum atomic E-state index is 12.4. The van der Waals surface area contributed by atoms with E-state index in [2.05, 4.69) is 16.7 Å². The number of methoxy groups -OCH3 is 2. The highest BCUT2D eigenvalue weighted by Crippen LogP contribution is 2.39. The maximum Gasteiger partial charge on any atom is 0.234 e. The van der Waals surface area contributed by atoms with E-state index in [1.165, 1.54) is 14.2 Å². The highest BCUT2D eigenvalue weighted by Gasteiger charge is 2.30. The van der Waals surface area contributed by atoms with Gasteiger partial charge in [-0.25, -0.2) is 0 Å². The Hall–Kier alpha value is -3.15. The summed E-state index contributed by atoms with van der Waals surface area (Å²) in [6.45, 7) is 1.88. The second kappa shape index (κ2) is 10.4. The fourth-order valence-electron chi connectivity index (χ4n) is 3.29. The lowest BCUT2D eigenvalue weighted by atomic mass is 9.87. The first-order chi connectivity index (χ1) is 15.4. The Labute approximate surface area is 195 Å². The van der Waals surface area contributed by atoms with Gasteiger partial charge in [0.2, 0.25) is 11.8 Å². The summed E-state index contributed by atoms with van der Waals surface area (Å²) in [7, 11) is 3.06. The Morgan fingerprint density at radius 1 is 1.25 bits per heavy atom. The molecule has 1 aliphatic heterocycles. The van der Waals surface area contributed by atoms with Crippen LogP contribution < -0.4 is 20.1 Å². The number of nitrogens with one attached hydrogen (secondary N) is 2. The molecule has 1 atom stereocenters. The highest BCUT2D eigenvalue weighted by atomic mass is 35.5. The van der Waals surface area contributed by atoms with E-state index in [0.29, 0.717) is 32.8 Å². The van der Waals surface area contributed by atoms with Gasteiger partial charge in [0.15, 0.2) is 11.5 Å². The summed E-state index contributed by atoms with van der Waals surface area (Å²) in [6.07, 6.45) is 0.122. The van der Waals surface area contributed by atoms with Gasteiger partial charge in [-0.05, 0) is 42.3 Å². The molecule has 0 spiro atoms. The van der Waals surface area contributed by atoms with Gasteiger partial charge < -0.3 is 20.1 Å². The van der Waals surface area contributed by atoms with Gasteiger partial charge in [-0.2, -0.15) is 5.26 Å². The molecule has 2 N–H and O–H groups in total. The molecule has 0 aromatic heterocycles. The van der Waals surface area contributed by atoms with Gasteiger partial charge in [0, 0.05) is 23.0 Å². The first kappa shape index (κ1) is 23.5. The quantitative estimate of drug-likeness (QED) is 0.621. The summed E-state index contributed by atoms with van der Waals surface area (Å²) < 4.78 is 10.6. The number of thioether (sulfide) groups is 1. The first-order valence-corrected chi connectivity index (χ1v) is 11.1. The van der Waals surface area contributed by atoms with Crippen molar-refractivity contribution in [1.82, 2.24) is 5.32 Å². The molecular formula is C23H22ClN3O4S. The van der Waals surface area contributed by atoms with Gasteiger partial charge in [-0.15, -0.1) is 0 Å². The van der Waals surface area contributed by atoms with Crippen LogP contribution in [0.25, 0.3) is 0 Å². The Bertz CT molecular complexity index is 1130. The van der Waals surface area contributed by atoms with Crippen molar-refractivity contribution in [2.75, 3.05) is 25.3 Å². The molecule has 166 valence electrons. The first-order valence-electron chi connectivity index (χ1n) is 9.71. The zero-order valence-corrected chi connectivity index (χ0v) is 19.4. The summed E-state index contributed by atoms with van der Waals surface area (Å²) >= 11 is 7.21. The molecule has 0 saturated carbocycles. The molecule has 32 heavy (non-hydrogen) atoms. The van der Waals surface area contributed by atoms with Crippen LogP contribution in [0.15, 0.2) is 47.0 Å². The number of ether oxygens (including phenoxy) is 2. The van der Waals surface area contributed by atoms with Gasteiger partial charge in [0.05, 0.1) is 36.6 Å². The van der Waals surface area contributed by atoms with E-state index in [-0.39, 0.29) is 24.0 Å². The number of aryl methyl sites for hydroxylation is 1. The standard InChI is InChI=1S/C23H22ClN3O4S/c1-13-4-6-15(9-18(13)24)26-22(29)12-32-23-17(11-25)16(10-21(28)27-23)14-5-7-19(30-2)20(8-14)31-3/h4-9,16H,10,12H2,1-3H3,(H,26,29)(H,27,28)/t16-/m1/s1. The number of halogens is 1. The number of carbonyl (C=O) groups excluding carboxylic acids is 2. The lowest BCUT2D eigenvalue weighted by Crippen LogP contribution is -2.31. The van der Waals surface area contributed by atoms with E-state index in [0.717, 1.165) is 22.9 Å². The molecule has 2 amide bonds. The second-order valence-electron chi connectivity index (χ2n) is 7.07. The monoisotopic (exact) mass is 471 g/mol. The van der Waals surface area contributed by atoms with E-state index >= 15 is 0 Å². The summed E-state index contributed by atoms with van der Waals surface area (Å²) in [5.41, 5.74) is 2.64. The third-order valence-corrected chi connectivity index (χ3v) is 6.39. The molecule has 1 heterocycles. The van der Waals surface area contributed by atoms with Crippen molar-refractivity contribution in [2.45, 2.75) is 19.3 Å². The van der Waals surface area contributed by atoms with E-state index in [4.69, 9.17) is 21.1 Å². The summed E-state index contributed by atoms with van der Waals surface area (Å²) in [4.78, 5) is 24.8. The van der Waals surface area contributed by atoms with Crippen LogP contribution in [0.2, 0.25) is 5.02 Å². The van der Waals surface area contributed by atoms with E-state index in [1.807, 2.05) is 13.0 Å². The minimum atomic E-state index is -0.449. The lowest BCUT2D eigenvalue weighted by molar-refractivity contribution is -0.121. The van der Waals surface area contributed by atoms with Crippen LogP contribution in [0.5, 0.6) is 11.5 Å². The number of amides is 2. The van der Waals surface area contributed by atoms with Crippen LogP contribution in [0.3, 0.4) is 0 Å². The van der Waals surface area contributed by atoms with Gasteiger partial charge in [-0.1, -0.05) is 35.5 Å². The molecule has 3 rings (SSSR count). The van der Waals surface area contributed by atoms with Crippen molar-refractivity contribution in [3.8, 4) is 17.6 Å². The summed E-state index contributed by atoms with van der Waals surface area (Å²) in [6, 6.07) is 12.8. The van der Waals surface area contributed by atoms with Gasteiger partial charge in [0.25, 0.3) is 0 Å². The molecule has 0 saturated heterocycles. The molecule has 0 radical (unpaired) electrons. The fourth-order valence-corrected chi connectivity index (χ4v) is 4.35. The van der Waals surface area contributed by atoms with Crippen molar-refractivity contribution < 1.29 is 19.1 Å². The van der Waals surface area contributed by atoms with Crippen LogP contribution in [0, 0.1) is 18.3 Å². The Morgan fingerprint density at radius 2 is 2.00 bits per heavy atom. The SMILES string of the molecule is COc1ccc([C@H]2CC(=O)NC(SCC(=O)Nc3ccc(C)c(Cl)c3)=C2C#N)cc1OC. The fraction of sp³-hybridized carbons (Fsp3) is 0.261. The van der Waals surface area contributed by atoms with Crippen LogP contribution in [0.1, 0.15) is 23.5 Å². The predicted molar refractivity (Wildman–Crippen MR) is 125 cm³/mol. The summed E-state index contributed by atoms with van der Waals surface area (Å²) in [5, 5.41) is 16.3. The third kappa shape index (κ3) is 5.36. The summed E-state index contributed by atoms with van der Waals surface area (Å²) in [5.74, 6) is 0.139. The smallest absolute Gasteiger partial charge is 0.234 e.